The number of rotatable bonds is 5. The average molecular weight is 291 g/mol. The quantitative estimate of drug-likeness (QED) is 0.902. The van der Waals surface area contributed by atoms with Crippen LogP contribution in [0.3, 0.4) is 0 Å². The van der Waals surface area contributed by atoms with E-state index >= 15 is 0 Å². The summed E-state index contributed by atoms with van der Waals surface area (Å²) in [5, 5.41) is 0. The van der Waals surface area contributed by atoms with E-state index in [0.717, 1.165) is 5.56 Å². The van der Waals surface area contributed by atoms with Gasteiger partial charge in [0.1, 0.15) is 6.10 Å². The van der Waals surface area contributed by atoms with E-state index in [1.54, 1.807) is 0 Å². The molecule has 0 aromatic heterocycles. The van der Waals surface area contributed by atoms with Gasteiger partial charge in [-0.25, -0.2) is 8.78 Å². The Kier molecular flexibility index (Phi) is 5.04. The molecule has 0 fully saturated rings. The summed E-state index contributed by atoms with van der Waals surface area (Å²) < 4.78 is 33.5. The number of ether oxygens (including phenoxy) is 1. The number of aryl methyl sites for hydroxylation is 1. The molecule has 2 N–H and O–H groups in total. The maximum absolute atomic E-state index is 14.1. The van der Waals surface area contributed by atoms with E-state index in [4.69, 9.17) is 10.5 Å². The molecular weight excluding hydrogens is 272 g/mol. The van der Waals surface area contributed by atoms with Crippen molar-refractivity contribution in [3.63, 3.8) is 0 Å². The molecular formula is C17H19F2NO. The van der Waals surface area contributed by atoms with Crippen LogP contribution in [0, 0.1) is 18.6 Å². The highest BCUT2D eigenvalue weighted by atomic mass is 19.2. The van der Waals surface area contributed by atoms with Gasteiger partial charge in [0.05, 0.1) is 6.04 Å². The van der Waals surface area contributed by atoms with Crippen molar-refractivity contribution < 1.29 is 13.5 Å². The molecule has 0 aliphatic carbocycles. The van der Waals surface area contributed by atoms with Gasteiger partial charge in [0.15, 0.2) is 11.6 Å². The van der Waals surface area contributed by atoms with Crippen molar-refractivity contribution in [3.05, 3.63) is 70.8 Å². The first kappa shape index (κ1) is 15.6. The highest BCUT2D eigenvalue weighted by Crippen LogP contribution is 2.32. The van der Waals surface area contributed by atoms with Gasteiger partial charge in [-0.2, -0.15) is 0 Å². The minimum Gasteiger partial charge on any atom is -0.372 e. The Morgan fingerprint density at radius 2 is 1.71 bits per heavy atom. The van der Waals surface area contributed by atoms with Crippen molar-refractivity contribution in [2.75, 3.05) is 6.61 Å². The zero-order valence-corrected chi connectivity index (χ0v) is 12.1. The Balaban J connectivity index is 2.40. The molecule has 2 atom stereocenters. The van der Waals surface area contributed by atoms with E-state index in [-0.39, 0.29) is 11.1 Å². The lowest BCUT2D eigenvalue weighted by Crippen LogP contribution is -2.24. The highest BCUT2D eigenvalue weighted by Gasteiger charge is 2.26. The fourth-order valence-electron chi connectivity index (χ4n) is 2.31. The Labute approximate surface area is 123 Å². The summed E-state index contributed by atoms with van der Waals surface area (Å²) in [5.74, 6) is -1.76. The molecule has 2 aromatic carbocycles. The van der Waals surface area contributed by atoms with Crippen LogP contribution in [0.15, 0.2) is 42.5 Å². The summed E-state index contributed by atoms with van der Waals surface area (Å²) in [6.07, 6.45) is -0.521. The van der Waals surface area contributed by atoms with Crippen LogP contribution in [0.1, 0.15) is 35.8 Å². The lowest BCUT2D eigenvalue weighted by molar-refractivity contribution is 0.0419. The standard InChI is InChI=1S/C17H19F2NO/c1-3-21-17(12-7-5-4-6-8-12)16(20)13-10-9-11(2)14(18)15(13)19/h4-10,16-17H,3,20H2,1-2H3. The summed E-state index contributed by atoms with van der Waals surface area (Å²) >= 11 is 0. The normalized spacial score (nSPS) is 14.0. The first-order chi connectivity index (χ1) is 10.1. The molecule has 0 spiro atoms. The molecule has 112 valence electrons. The van der Waals surface area contributed by atoms with Crippen LogP contribution in [0.25, 0.3) is 0 Å². The third-order valence-corrected chi connectivity index (χ3v) is 3.46. The van der Waals surface area contributed by atoms with Crippen LogP contribution < -0.4 is 5.73 Å². The van der Waals surface area contributed by atoms with E-state index in [2.05, 4.69) is 0 Å². The first-order valence-corrected chi connectivity index (χ1v) is 6.92. The second kappa shape index (κ2) is 6.78. The molecule has 0 saturated carbocycles. The molecule has 0 aliphatic heterocycles. The van der Waals surface area contributed by atoms with Crippen LogP contribution in [-0.2, 0) is 4.74 Å². The summed E-state index contributed by atoms with van der Waals surface area (Å²) in [4.78, 5) is 0. The second-order valence-corrected chi connectivity index (χ2v) is 4.91. The maximum Gasteiger partial charge on any atom is 0.163 e. The molecule has 2 unspecified atom stereocenters. The lowest BCUT2D eigenvalue weighted by Gasteiger charge is -2.25. The molecule has 0 radical (unpaired) electrons. The van der Waals surface area contributed by atoms with Crippen molar-refractivity contribution >= 4 is 0 Å². The van der Waals surface area contributed by atoms with Gasteiger partial charge in [-0.15, -0.1) is 0 Å². The number of halogens is 2. The molecule has 21 heavy (non-hydrogen) atoms. The van der Waals surface area contributed by atoms with Crippen LogP contribution >= 0.6 is 0 Å². The summed E-state index contributed by atoms with van der Waals surface area (Å²) in [6, 6.07) is 11.6. The molecule has 2 rings (SSSR count). The van der Waals surface area contributed by atoms with Gasteiger partial charge < -0.3 is 10.5 Å². The number of benzene rings is 2. The van der Waals surface area contributed by atoms with E-state index in [1.807, 2.05) is 37.3 Å². The molecule has 2 aromatic rings. The van der Waals surface area contributed by atoms with E-state index in [0.29, 0.717) is 6.61 Å². The minimum absolute atomic E-state index is 0.125. The summed E-state index contributed by atoms with van der Waals surface area (Å²) in [7, 11) is 0. The molecule has 0 bridgehead atoms. The van der Waals surface area contributed by atoms with Gasteiger partial charge in [-0.1, -0.05) is 42.5 Å². The Bertz CT molecular complexity index is 601. The number of nitrogens with two attached hydrogens (primary N) is 1. The zero-order valence-electron chi connectivity index (χ0n) is 12.1. The van der Waals surface area contributed by atoms with Crippen molar-refractivity contribution in [1.82, 2.24) is 0 Å². The van der Waals surface area contributed by atoms with Crippen molar-refractivity contribution in [2.45, 2.75) is 26.0 Å². The van der Waals surface area contributed by atoms with Gasteiger partial charge in [0.25, 0.3) is 0 Å². The fourth-order valence-corrected chi connectivity index (χ4v) is 2.31. The van der Waals surface area contributed by atoms with Crippen molar-refractivity contribution in [1.29, 1.82) is 0 Å². The summed E-state index contributed by atoms with van der Waals surface area (Å²) in [5.41, 5.74) is 7.37. The van der Waals surface area contributed by atoms with Crippen molar-refractivity contribution in [3.8, 4) is 0 Å². The van der Waals surface area contributed by atoms with E-state index < -0.39 is 23.8 Å². The van der Waals surface area contributed by atoms with Gasteiger partial charge >= 0.3 is 0 Å². The van der Waals surface area contributed by atoms with Crippen molar-refractivity contribution in [2.24, 2.45) is 5.73 Å². The topological polar surface area (TPSA) is 35.2 Å². The number of hydrogen-bond acceptors (Lipinski definition) is 2. The predicted octanol–water partition coefficient (Wildman–Crippen LogP) is 4.05. The molecule has 4 heteroatoms. The highest BCUT2D eigenvalue weighted by molar-refractivity contribution is 5.31. The van der Waals surface area contributed by atoms with E-state index in [1.165, 1.54) is 19.1 Å². The fraction of sp³-hybridized carbons (Fsp3) is 0.294. The minimum atomic E-state index is -0.900. The third kappa shape index (κ3) is 3.28. The smallest absolute Gasteiger partial charge is 0.163 e. The van der Waals surface area contributed by atoms with Crippen LogP contribution in [0.4, 0.5) is 8.78 Å². The van der Waals surface area contributed by atoms with Crippen LogP contribution in [0.5, 0.6) is 0 Å². The molecule has 0 amide bonds. The first-order valence-electron chi connectivity index (χ1n) is 6.92. The Morgan fingerprint density at radius 3 is 2.33 bits per heavy atom. The predicted molar refractivity (Wildman–Crippen MR) is 78.8 cm³/mol. The lowest BCUT2D eigenvalue weighted by atomic mass is 9.95. The Hall–Kier alpha value is -1.78. The summed E-state index contributed by atoms with van der Waals surface area (Å²) in [6.45, 7) is 3.79. The number of hydrogen-bond donors (Lipinski definition) is 1. The molecule has 0 saturated heterocycles. The molecule has 0 aliphatic rings. The van der Waals surface area contributed by atoms with Crippen LogP contribution in [-0.4, -0.2) is 6.61 Å². The molecule has 2 nitrogen and oxygen atoms in total. The van der Waals surface area contributed by atoms with E-state index in [9.17, 15) is 8.78 Å². The largest absolute Gasteiger partial charge is 0.372 e. The average Bonchev–Trinajstić information content (AvgIpc) is 2.51. The van der Waals surface area contributed by atoms with Gasteiger partial charge in [-0.3, -0.25) is 0 Å². The second-order valence-electron chi connectivity index (χ2n) is 4.91. The molecule has 0 heterocycles. The SMILES string of the molecule is CCOC(c1ccccc1)C(N)c1ccc(C)c(F)c1F. The third-order valence-electron chi connectivity index (χ3n) is 3.46. The van der Waals surface area contributed by atoms with Gasteiger partial charge in [0.2, 0.25) is 0 Å². The zero-order chi connectivity index (χ0) is 15.4. The van der Waals surface area contributed by atoms with Gasteiger partial charge in [0, 0.05) is 12.2 Å². The maximum atomic E-state index is 14.1. The van der Waals surface area contributed by atoms with Crippen LogP contribution in [0.2, 0.25) is 0 Å². The monoisotopic (exact) mass is 291 g/mol. The Morgan fingerprint density at radius 1 is 1.05 bits per heavy atom. The van der Waals surface area contributed by atoms with Gasteiger partial charge in [-0.05, 0) is 25.0 Å².